The van der Waals surface area contributed by atoms with Gasteiger partial charge >= 0.3 is 5.97 Å². The number of anilines is 1. The zero-order valence-electron chi connectivity index (χ0n) is 11.7. The molecule has 0 bridgehead atoms. The third-order valence-electron chi connectivity index (χ3n) is 3.11. The molecule has 0 spiro atoms. The molecule has 3 heteroatoms. The SMILES string of the molecule is CCc1cccc(C)c1NCC(C)(C)CC(=O)O. The molecule has 0 aliphatic heterocycles. The van der Waals surface area contributed by atoms with E-state index in [0.29, 0.717) is 6.54 Å². The van der Waals surface area contributed by atoms with E-state index < -0.39 is 5.97 Å². The number of rotatable bonds is 6. The number of nitrogens with one attached hydrogen (secondary N) is 1. The van der Waals surface area contributed by atoms with Gasteiger partial charge in [0.15, 0.2) is 0 Å². The molecule has 3 nitrogen and oxygen atoms in total. The third kappa shape index (κ3) is 4.06. The van der Waals surface area contributed by atoms with Crippen molar-refractivity contribution in [1.29, 1.82) is 0 Å². The van der Waals surface area contributed by atoms with Crippen LogP contribution in [-0.2, 0) is 11.2 Å². The molecule has 0 radical (unpaired) electrons. The summed E-state index contributed by atoms with van der Waals surface area (Å²) in [5.74, 6) is -0.748. The fourth-order valence-electron chi connectivity index (χ4n) is 2.08. The molecule has 2 N–H and O–H groups in total. The summed E-state index contributed by atoms with van der Waals surface area (Å²) in [6, 6.07) is 6.24. The van der Waals surface area contributed by atoms with E-state index in [9.17, 15) is 4.79 Å². The smallest absolute Gasteiger partial charge is 0.303 e. The van der Waals surface area contributed by atoms with Crippen molar-refractivity contribution in [3.8, 4) is 0 Å². The minimum Gasteiger partial charge on any atom is -0.481 e. The fraction of sp³-hybridized carbons (Fsp3) is 0.533. The van der Waals surface area contributed by atoms with Gasteiger partial charge in [0.2, 0.25) is 0 Å². The molecule has 0 saturated heterocycles. The molecule has 0 heterocycles. The maximum Gasteiger partial charge on any atom is 0.303 e. The lowest BCUT2D eigenvalue weighted by Crippen LogP contribution is -2.26. The van der Waals surface area contributed by atoms with Crippen LogP contribution in [0, 0.1) is 12.3 Å². The van der Waals surface area contributed by atoms with Crippen molar-refractivity contribution in [2.24, 2.45) is 5.41 Å². The number of hydrogen-bond acceptors (Lipinski definition) is 2. The van der Waals surface area contributed by atoms with Gasteiger partial charge in [-0.3, -0.25) is 4.79 Å². The molecular weight excluding hydrogens is 226 g/mol. The number of carbonyl (C=O) groups is 1. The number of carboxylic acid groups (broad SMARTS) is 1. The van der Waals surface area contributed by atoms with Gasteiger partial charge in [-0.15, -0.1) is 0 Å². The quantitative estimate of drug-likeness (QED) is 0.811. The Morgan fingerprint density at radius 3 is 2.61 bits per heavy atom. The molecule has 1 aromatic carbocycles. The first kappa shape index (κ1) is 14.6. The van der Waals surface area contributed by atoms with Crippen LogP contribution >= 0.6 is 0 Å². The van der Waals surface area contributed by atoms with Gasteiger partial charge in [0.05, 0.1) is 6.42 Å². The first-order valence-corrected chi connectivity index (χ1v) is 6.40. The minimum atomic E-state index is -0.748. The van der Waals surface area contributed by atoms with Crippen molar-refractivity contribution < 1.29 is 9.90 Å². The molecule has 100 valence electrons. The number of aryl methyl sites for hydroxylation is 2. The second-order valence-electron chi connectivity index (χ2n) is 5.55. The highest BCUT2D eigenvalue weighted by atomic mass is 16.4. The van der Waals surface area contributed by atoms with Crippen LogP contribution in [0.3, 0.4) is 0 Å². The van der Waals surface area contributed by atoms with Crippen molar-refractivity contribution in [2.45, 2.75) is 40.5 Å². The standard InChI is InChI=1S/C15H23NO2/c1-5-12-8-6-7-11(2)14(12)16-10-15(3,4)9-13(17)18/h6-8,16H,5,9-10H2,1-4H3,(H,17,18). The normalized spacial score (nSPS) is 11.3. The van der Waals surface area contributed by atoms with Crippen molar-refractivity contribution in [2.75, 3.05) is 11.9 Å². The van der Waals surface area contributed by atoms with Crippen molar-refractivity contribution in [3.63, 3.8) is 0 Å². The first-order valence-electron chi connectivity index (χ1n) is 6.40. The van der Waals surface area contributed by atoms with Crippen LogP contribution in [-0.4, -0.2) is 17.6 Å². The summed E-state index contributed by atoms with van der Waals surface area (Å²) in [7, 11) is 0. The highest BCUT2D eigenvalue weighted by Crippen LogP contribution is 2.25. The van der Waals surface area contributed by atoms with Crippen molar-refractivity contribution >= 4 is 11.7 Å². The van der Waals surface area contributed by atoms with Gasteiger partial charge < -0.3 is 10.4 Å². The van der Waals surface area contributed by atoms with Crippen molar-refractivity contribution in [3.05, 3.63) is 29.3 Å². The van der Waals surface area contributed by atoms with Gasteiger partial charge in [-0.05, 0) is 29.9 Å². The molecule has 0 aliphatic rings. The zero-order valence-corrected chi connectivity index (χ0v) is 11.7. The number of para-hydroxylation sites is 1. The Morgan fingerprint density at radius 1 is 1.39 bits per heavy atom. The Bertz CT molecular complexity index is 425. The van der Waals surface area contributed by atoms with Crippen LogP contribution in [0.5, 0.6) is 0 Å². The first-order chi connectivity index (χ1) is 8.35. The molecule has 1 aromatic rings. The number of aliphatic carboxylic acids is 1. The van der Waals surface area contributed by atoms with Crippen molar-refractivity contribution in [1.82, 2.24) is 0 Å². The van der Waals surface area contributed by atoms with E-state index in [2.05, 4.69) is 37.4 Å². The summed E-state index contributed by atoms with van der Waals surface area (Å²) in [4.78, 5) is 10.8. The van der Waals surface area contributed by atoms with Gasteiger partial charge in [-0.2, -0.15) is 0 Å². The predicted octanol–water partition coefficient (Wildman–Crippen LogP) is 3.47. The molecule has 18 heavy (non-hydrogen) atoms. The Kier molecular flexibility index (Phi) is 4.76. The monoisotopic (exact) mass is 249 g/mol. The zero-order chi connectivity index (χ0) is 13.8. The van der Waals surface area contributed by atoms with Gasteiger partial charge in [0.25, 0.3) is 0 Å². The number of benzene rings is 1. The topological polar surface area (TPSA) is 49.3 Å². The van der Waals surface area contributed by atoms with Gasteiger partial charge in [-0.25, -0.2) is 0 Å². The molecule has 0 amide bonds. The van der Waals surface area contributed by atoms with E-state index in [1.807, 2.05) is 13.8 Å². The molecule has 0 aromatic heterocycles. The Balaban J connectivity index is 2.77. The molecule has 0 fully saturated rings. The maximum absolute atomic E-state index is 10.8. The van der Waals surface area contributed by atoms with E-state index in [-0.39, 0.29) is 11.8 Å². The largest absolute Gasteiger partial charge is 0.481 e. The Hall–Kier alpha value is -1.51. The minimum absolute atomic E-state index is 0.174. The van der Waals surface area contributed by atoms with Gasteiger partial charge in [0, 0.05) is 12.2 Å². The summed E-state index contributed by atoms with van der Waals surface area (Å²) >= 11 is 0. The van der Waals surface area contributed by atoms with Crippen LogP contribution in [0.1, 0.15) is 38.3 Å². The lowest BCUT2D eigenvalue weighted by atomic mass is 9.89. The second-order valence-corrected chi connectivity index (χ2v) is 5.55. The molecule has 0 aliphatic carbocycles. The number of hydrogen-bond donors (Lipinski definition) is 2. The number of carboxylic acids is 1. The van der Waals surface area contributed by atoms with E-state index in [4.69, 9.17) is 5.11 Å². The van der Waals surface area contributed by atoms with E-state index in [0.717, 1.165) is 12.1 Å². The van der Waals surface area contributed by atoms with E-state index >= 15 is 0 Å². The van der Waals surface area contributed by atoms with Crippen LogP contribution in [0.2, 0.25) is 0 Å². The van der Waals surface area contributed by atoms with Crippen LogP contribution in [0.25, 0.3) is 0 Å². The van der Waals surface area contributed by atoms with Crippen LogP contribution in [0.4, 0.5) is 5.69 Å². The van der Waals surface area contributed by atoms with E-state index in [1.165, 1.54) is 11.1 Å². The van der Waals surface area contributed by atoms with Gasteiger partial charge in [0.1, 0.15) is 0 Å². The molecule has 0 saturated carbocycles. The highest BCUT2D eigenvalue weighted by Gasteiger charge is 2.22. The summed E-state index contributed by atoms with van der Waals surface area (Å²) in [5.41, 5.74) is 3.39. The summed E-state index contributed by atoms with van der Waals surface area (Å²) in [6.07, 6.45) is 1.15. The van der Waals surface area contributed by atoms with Crippen LogP contribution < -0.4 is 5.32 Å². The highest BCUT2D eigenvalue weighted by molar-refractivity contribution is 5.67. The lowest BCUT2D eigenvalue weighted by Gasteiger charge is -2.25. The summed E-state index contributed by atoms with van der Waals surface area (Å²) in [6.45, 7) is 8.81. The molecule has 0 atom stereocenters. The summed E-state index contributed by atoms with van der Waals surface area (Å²) < 4.78 is 0. The Morgan fingerprint density at radius 2 is 2.06 bits per heavy atom. The average molecular weight is 249 g/mol. The lowest BCUT2D eigenvalue weighted by molar-refractivity contribution is -0.139. The second kappa shape index (κ2) is 5.89. The van der Waals surface area contributed by atoms with Gasteiger partial charge in [-0.1, -0.05) is 39.0 Å². The average Bonchev–Trinajstić information content (AvgIpc) is 2.25. The molecular formula is C15H23NO2. The Labute approximate surface area is 109 Å². The molecule has 1 rings (SSSR count). The third-order valence-corrected chi connectivity index (χ3v) is 3.11. The fourth-order valence-corrected chi connectivity index (χ4v) is 2.08. The van der Waals surface area contributed by atoms with E-state index in [1.54, 1.807) is 0 Å². The maximum atomic E-state index is 10.8. The van der Waals surface area contributed by atoms with Crippen LogP contribution in [0.15, 0.2) is 18.2 Å². The predicted molar refractivity (Wildman–Crippen MR) is 75.1 cm³/mol. The summed E-state index contributed by atoms with van der Waals surface area (Å²) in [5, 5.41) is 12.3. The molecule has 0 unspecified atom stereocenters.